The highest BCUT2D eigenvalue weighted by atomic mass is 127. The second-order valence-corrected chi connectivity index (χ2v) is 7.39. The van der Waals surface area contributed by atoms with E-state index < -0.39 is 6.10 Å². The highest BCUT2D eigenvalue weighted by molar-refractivity contribution is 14.0. The zero-order valence-corrected chi connectivity index (χ0v) is 20.3. The first-order chi connectivity index (χ1) is 14.1. The second-order valence-electron chi connectivity index (χ2n) is 7.39. The third-order valence-electron chi connectivity index (χ3n) is 5.18. The highest BCUT2D eigenvalue weighted by Gasteiger charge is 2.25. The van der Waals surface area contributed by atoms with E-state index in [-0.39, 0.29) is 30.0 Å². The Morgan fingerprint density at radius 3 is 2.67 bits per heavy atom. The highest BCUT2D eigenvalue weighted by Crippen LogP contribution is 2.30. The van der Waals surface area contributed by atoms with Crippen LogP contribution < -0.4 is 20.3 Å². The Hall–Kier alpha value is -2.00. The number of aliphatic hydroxyl groups excluding tert-OH is 1. The van der Waals surface area contributed by atoms with Crippen molar-refractivity contribution in [3.05, 3.63) is 59.7 Å². The molecule has 164 valence electrons. The molecule has 3 rings (SSSR count). The van der Waals surface area contributed by atoms with Gasteiger partial charge in [0.15, 0.2) is 5.96 Å². The summed E-state index contributed by atoms with van der Waals surface area (Å²) in [5.41, 5.74) is 3.19. The zero-order chi connectivity index (χ0) is 20.6. The first-order valence-corrected chi connectivity index (χ1v) is 10.3. The molecule has 1 aliphatic heterocycles. The molecule has 2 aromatic carbocycles. The van der Waals surface area contributed by atoms with E-state index in [1.54, 1.807) is 7.11 Å². The molecule has 7 heteroatoms. The number of halogens is 1. The van der Waals surface area contributed by atoms with Gasteiger partial charge in [0.25, 0.3) is 0 Å². The van der Waals surface area contributed by atoms with E-state index in [1.807, 2.05) is 56.3 Å². The summed E-state index contributed by atoms with van der Waals surface area (Å²) in [5.74, 6) is 1.64. The van der Waals surface area contributed by atoms with E-state index in [4.69, 9.17) is 4.74 Å². The third-order valence-corrected chi connectivity index (χ3v) is 5.18. The second kappa shape index (κ2) is 12.0. The topological polar surface area (TPSA) is 69.1 Å². The molecule has 1 heterocycles. The molecule has 0 radical (unpaired) electrons. The fourth-order valence-corrected chi connectivity index (χ4v) is 3.57. The molecule has 0 spiro atoms. The van der Waals surface area contributed by atoms with E-state index in [2.05, 4.69) is 26.6 Å². The Kier molecular flexibility index (Phi) is 9.71. The van der Waals surface area contributed by atoms with Gasteiger partial charge in [-0.2, -0.15) is 0 Å². The SMILES string of the molecule is CCNC(=NCC(O)c1ccc(C)cc1)NC1CCN(c2ccccc2OC)C1.I. The summed E-state index contributed by atoms with van der Waals surface area (Å²) < 4.78 is 5.50. The number of aliphatic imine (C=N–C) groups is 1. The van der Waals surface area contributed by atoms with Crippen molar-refractivity contribution in [2.75, 3.05) is 38.2 Å². The van der Waals surface area contributed by atoms with Gasteiger partial charge >= 0.3 is 0 Å². The number of nitrogens with zero attached hydrogens (tertiary/aromatic N) is 2. The first kappa shape index (κ1) is 24.3. The molecule has 0 aromatic heterocycles. The Bertz CT molecular complexity index is 813. The third kappa shape index (κ3) is 6.50. The summed E-state index contributed by atoms with van der Waals surface area (Å²) >= 11 is 0. The number of methoxy groups -OCH3 is 1. The number of hydrogen-bond donors (Lipinski definition) is 3. The van der Waals surface area contributed by atoms with Crippen molar-refractivity contribution in [2.45, 2.75) is 32.4 Å². The molecule has 0 bridgehead atoms. The molecule has 0 amide bonds. The zero-order valence-electron chi connectivity index (χ0n) is 18.0. The molecule has 2 unspecified atom stereocenters. The number of hydrogen-bond acceptors (Lipinski definition) is 4. The lowest BCUT2D eigenvalue weighted by atomic mass is 10.1. The Morgan fingerprint density at radius 1 is 1.23 bits per heavy atom. The first-order valence-electron chi connectivity index (χ1n) is 10.3. The quantitative estimate of drug-likeness (QED) is 0.294. The van der Waals surface area contributed by atoms with Gasteiger partial charge in [0.2, 0.25) is 0 Å². The maximum atomic E-state index is 10.5. The van der Waals surface area contributed by atoms with Gasteiger partial charge in [0, 0.05) is 25.7 Å². The van der Waals surface area contributed by atoms with Crippen LogP contribution in [0.1, 0.15) is 30.6 Å². The smallest absolute Gasteiger partial charge is 0.191 e. The molecule has 0 aliphatic carbocycles. The van der Waals surface area contributed by atoms with Crippen LogP contribution in [0.5, 0.6) is 5.75 Å². The van der Waals surface area contributed by atoms with Gasteiger partial charge < -0.3 is 25.4 Å². The summed E-state index contributed by atoms with van der Waals surface area (Å²) in [7, 11) is 1.71. The van der Waals surface area contributed by atoms with Crippen LogP contribution in [0.15, 0.2) is 53.5 Å². The summed E-state index contributed by atoms with van der Waals surface area (Å²) in [5, 5.41) is 17.3. The lowest BCUT2D eigenvalue weighted by molar-refractivity contribution is 0.187. The molecule has 6 nitrogen and oxygen atoms in total. The van der Waals surface area contributed by atoms with E-state index in [0.717, 1.165) is 49.0 Å². The molecule has 0 saturated carbocycles. The Labute approximate surface area is 196 Å². The summed E-state index contributed by atoms with van der Waals surface area (Å²) in [4.78, 5) is 6.94. The molecule has 1 saturated heterocycles. The lowest BCUT2D eigenvalue weighted by Crippen LogP contribution is -2.44. The maximum absolute atomic E-state index is 10.5. The molecular formula is C23H33IN4O2. The molecule has 30 heavy (non-hydrogen) atoms. The van der Waals surface area contributed by atoms with Crippen LogP contribution in [0.3, 0.4) is 0 Å². The van der Waals surface area contributed by atoms with Gasteiger partial charge in [-0.25, -0.2) is 0 Å². The number of rotatable bonds is 7. The van der Waals surface area contributed by atoms with Crippen LogP contribution in [0.4, 0.5) is 5.69 Å². The van der Waals surface area contributed by atoms with E-state index in [1.165, 1.54) is 5.56 Å². The standard InChI is InChI=1S/C23H32N4O2.HI/c1-4-24-23(25-15-21(28)18-11-9-17(2)10-12-18)26-19-13-14-27(16-19)20-7-5-6-8-22(20)29-3;/h5-12,19,21,28H,4,13-16H2,1-3H3,(H2,24,25,26);1H. The number of aliphatic hydroxyl groups is 1. The Morgan fingerprint density at radius 2 is 1.97 bits per heavy atom. The van der Waals surface area contributed by atoms with E-state index in [0.29, 0.717) is 6.54 Å². The lowest BCUT2D eigenvalue weighted by Gasteiger charge is -2.22. The summed E-state index contributed by atoms with van der Waals surface area (Å²) in [6.07, 6.45) is 0.405. The number of benzene rings is 2. The van der Waals surface area contributed by atoms with Gasteiger partial charge in [-0.15, -0.1) is 24.0 Å². The number of aryl methyl sites for hydroxylation is 1. The fourth-order valence-electron chi connectivity index (χ4n) is 3.57. The number of para-hydroxylation sites is 2. The van der Waals surface area contributed by atoms with Crippen LogP contribution in [-0.4, -0.2) is 50.4 Å². The summed E-state index contributed by atoms with van der Waals surface area (Å²) in [6.45, 7) is 7.02. The van der Waals surface area contributed by atoms with Crippen molar-refractivity contribution in [3.8, 4) is 5.75 Å². The molecule has 1 fully saturated rings. The summed E-state index contributed by atoms with van der Waals surface area (Å²) in [6, 6.07) is 16.3. The van der Waals surface area contributed by atoms with Gasteiger partial charge in [0.1, 0.15) is 5.75 Å². The minimum Gasteiger partial charge on any atom is -0.495 e. The van der Waals surface area contributed by atoms with Crippen LogP contribution >= 0.6 is 24.0 Å². The molecule has 1 aliphatic rings. The maximum Gasteiger partial charge on any atom is 0.191 e. The van der Waals surface area contributed by atoms with Gasteiger partial charge in [-0.1, -0.05) is 42.0 Å². The molecular weight excluding hydrogens is 491 g/mol. The normalized spacial score (nSPS) is 17.3. The number of guanidine groups is 1. The minimum absolute atomic E-state index is 0. The van der Waals surface area contributed by atoms with Gasteiger partial charge in [0.05, 0.1) is 25.4 Å². The fraction of sp³-hybridized carbons (Fsp3) is 0.435. The van der Waals surface area contributed by atoms with E-state index in [9.17, 15) is 5.11 Å². The van der Waals surface area contributed by atoms with Crippen molar-refractivity contribution in [2.24, 2.45) is 4.99 Å². The van der Waals surface area contributed by atoms with Crippen LogP contribution in [0, 0.1) is 6.92 Å². The predicted octanol–water partition coefficient (Wildman–Crippen LogP) is 3.49. The molecule has 2 atom stereocenters. The van der Waals surface area contributed by atoms with Gasteiger partial charge in [-0.05, 0) is 38.0 Å². The Balaban J connectivity index is 0.00000320. The van der Waals surface area contributed by atoms with Gasteiger partial charge in [-0.3, -0.25) is 4.99 Å². The minimum atomic E-state index is -0.611. The van der Waals surface area contributed by atoms with Crippen molar-refractivity contribution in [3.63, 3.8) is 0 Å². The van der Waals surface area contributed by atoms with Crippen molar-refractivity contribution in [1.29, 1.82) is 0 Å². The average molecular weight is 524 g/mol. The number of nitrogens with one attached hydrogen (secondary N) is 2. The number of anilines is 1. The molecule has 2 aromatic rings. The largest absolute Gasteiger partial charge is 0.495 e. The monoisotopic (exact) mass is 524 g/mol. The van der Waals surface area contributed by atoms with Crippen LogP contribution in [-0.2, 0) is 0 Å². The average Bonchev–Trinajstić information content (AvgIpc) is 3.20. The van der Waals surface area contributed by atoms with Crippen LogP contribution in [0.25, 0.3) is 0 Å². The van der Waals surface area contributed by atoms with Crippen molar-refractivity contribution in [1.82, 2.24) is 10.6 Å². The number of ether oxygens (including phenoxy) is 1. The van der Waals surface area contributed by atoms with Crippen molar-refractivity contribution < 1.29 is 9.84 Å². The van der Waals surface area contributed by atoms with Crippen LogP contribution in [0.2, 0.25) is 0 Å². The van der Waals surface area contributed by atoms with E-state index >= 15 is 0 Å². The predicted molar refractivity (Wildman–Crippen MR) is 134 cm³/mol. The molecule has 3 N–H and O–H groups in total. The van der Waals surface area contributed by atoms with Crippen molar-refractivity contribution >= 4 is 35.6 Å².